The van der Waals surface area contributed by atoms with Crippen LogP contribution in [-0.4, -0.2) is 47.9 Å². The Labute approximate surface area is 217 Å². The summed E-state index contributed by atoms with van der Waals surface area (Å²) in [5, 5.41) is 4.50. The molecule has 9 heteroatoms. The largest absolute Gasteiger partial charge is 0.356 e. The van der Waals surface area contributed by atoms with Gasteiger partial charge in [0.2, 0.25) is 5.91 Å². The first-order valence-electron chi connectivity index (χ1n) is 11.8. The van der Waals surface area contributed by atoms with E-state index in [-0.39, 0.29) is 27.9 Å². The first-order valence-corrected chi connectivity index (χ1v) is 12.6. The van der Waals surface area contributed by atoms with Crippen molar-refractivity contribution in [2.24, 2.45) is 0 Å². The van der Waals surface area contributed by atoms with Gasteiger partial charge in [-0.1, -0.05) is 32.9 Å². The van der Waals surface area contributed by atoms with Crippen LogP contribution in [0, 0.1) is 0 Å². The average molecular weight is 514 g/mol. The number of amides is 3. The summed E-state index contributed by atoms with van der Waals surface area (Å²) in [6.45, 7) is 7.67. The number of nitrogens with zero attached hydrogens (tertiary/aromatic N) is 2. The van der Waals surface area contributed by atoms with E-state index in [1.807, 2.05) is 25.1 Å². The van der Waals surface area contributed by atoms with E-state index in [0.29, 0.717) is 13.0 Å². The molecule has 1 fully saturated rings. The molecule has 2 aliphatic rings. The number of thiocarbonyl (C=S) groups is 1. The maximum absolute atomic E-state index is 12.4. The van der Waals surface area contributed by atoms with Gasteiger partial charge in [0.05, 0.1) is 0 Å². The Morgan fingerprint density at radius 2 is 1.94 bits per heavy atom. The molecule has 3 rings (SSSR count). The minimum absolute atomic E-state index is 0.0802. The molecule has 2 heterocycles. The molecule has 35 heavy (non-hydrogen) atoms. The van der Waals surface area contributed by atoms with Gasteiger partial charge >= 0.3 is 5.91 Å². The second-order valence-corrected chi connectivity index (χ2v) is 10.1. The summed E-state index contributed by atoms with van der Waals surface area (Å²) in [6, 6.07) is 6.15. The number of fused-ring (bicyclic) bond motifs is 1. The maximum atomic E-state index is 12.4. The molecule has 0 spiro atoms. The van der Waals surface area contributed by atoms with Gasteiger partial charge in [0.25, 0.3) is 11.0 Å². The summed E-state index contributed by atoms with van der Waals surface area (Å²) in [5.41, 5.74) is 3.21. The second kappa shape index (κ2) is 11.3. The van der Waals surface area contributed by atoms with Gasteiger partial charge in [-0.3, -0.25) is 14.5 Å². The molecular formula is C26H33N4O3S2+. The van der Waals surface area contributed by atoms with E-state index in [1.165, 1.54) is 21.9 Å². The molecule has 1 aromatic rings. The molecular weight excluding hydrogens is 480 g/mol. The van der Waals surface area contributed by atoms with Crippen LogP contribution in [0.3, 0.4) is 0 Å². The van der Waals surface area contributed by atoms with E-state index in [0.717, 1.165) is 35.7 Å². The molecule has 0 bridgehead atoms. The fraction of sp³-hybridized carbons (Fsp3) is 0.385. The molecule has 0 unspecified atom stereocenters. The number of carbonyl (C=O) groups excluding carboxylic acids is 3. The Morgan fingerprint density at radius 3 is 2.66 bits per heavy atom. The van der Waals surface area contributed by atoms with E-state index < -0.39 is 5.91 Å². The highest BCUT2D eigenvalue weighted by Gasteiger charge is 2.39. The van der Waals surface area contributed by atoms with E-state index in [2.05, 4.69) is 48.8 Å². The highest BCUT2D eigenvalue weighted by molar-refractivity contribution is 7.80. The number of quaternary nitrogens is 1. The van der Waals surface area contributed by atoms with Crippen LogP contribution in [0.15, 0.2) is 58.7 Å². The minimum atomic E-state index is -0.401. The van der Waals surface area contributed by atoms with Crippen LogP contribution in [0.4, 0.5) is 5.69 Å². The van der Waals surface area contributed by atoms with Crippen molar-refractivity contribution in [3.05, 3.63) is 59.3 Å². The van der Waals surface area contributed by atoms with Crippen molar-refractivity contribution >= 4 is 53.4 Å². The fourth-order valence-corrected chi connectivity index (χ4v) is 4.70. The summed E-state index contributed by atoms with van der Waals surface area (Å²) >= 11 is 9.57. The maximum Gasteiger partial charge on any atom is 0.355 e. The van der Waals surface area contributed by atoms with Crippen molar-refractivity contribution in [3.8, 4) is 0 Å². The van der Waals surface area contributed by atoms with Crippen molar-refractivity contribution in [1.29, 1.82) is 0 Å². The molecule has 0 aliphatic carbocycles. The van der Waals surface area contributed by atoms with Crippen LogP contribution in [0.5, 0.6) is 0 Å². The fourth-order valence-electron chi connectivity index (χ4n) is 4.31. The number of rotatable bonds is 8. The molecule has 0 radical (unpaired) electrons. The van der Waals surface area contributed by atoms with Gasteiger partial charge in [0.15, 0.2) is 0 Å². The first-order chi connectivity index (χ1) is 16.6. The van der Waals surface area contributed by atoms with Gasteiger partial charge in [-0.25, -0.2) is 10.1 Å². The van der Waals surface area contributed by atoms with Crippen molar-refractivity contribution in [2.75, 3.05) is 25.0 Å². The molecule has 186 valence electrons. The van der Waals surface area contributed by atoms with Crippen LogP contribution in [0.1, 0.15) is 45.6 Å². The number of primary amides is 1. The Kier molecular flexibility index (Phi) is 8.69. The summed E-state index contributed by atoms with van der Waals surface area (Å²) in [4.78, 5) is 40.9. The van der Waals surface area contributed by atoms with Crippen molar-refractivity contribution in [3.63, 3.8) is 0 Å². The summed E-state index contributed by atoms with van der Waals surface area (Å²) in [6.07, 6.45) is 9.27. The zero-order valence-corrected chi connectivity index (χ0v) is 22.3. The zero-order valence-electron chi connectivity index (χ0n) is 20.6. The summed E-state index contributed by atoms with van der Waals surface area (Å²) < 4.78 is 0. The number of thiol groups is 1. The van der Waals surface area contributed by atoms with E-state index in [1.54, 1.807) is 13.1 Å². The predicted molar refractivity (Wildman–Crippen MR) is 144 cm³/mol. The summed E-state index contributed by atoms with van der Waals surface area (Å²) in [7, 11) is 1.56. The van der Waals surface area contributed by atoms with Gasteiger partial charge in [-0.05, 0) is 48.8 Å². The van der Waals surface area contributed by atoms with E-state index >= 15 is 0 Å². The van der Waals surface area contributed by atoms with Crippen LogP contribution < -0.4 is 15.5 Å². The summed E-state index contributed by atoms with van der Waals surface area (Å²) in [5.74, 6) is -0.699. The topological polar surface area (TPSA) is 86.3 Å². The number of nitrogens with one attached hydrogen (secondary N) is 1. The average Bonchev–Trinajstić information content (AvgIpc) is 3.00. The SMILES string of the molecule is CCCC(=O)NCCCN1/C(=C/C=C/C=C2/C(=O)[NH2+]C(=S)N(C)C2=O)C(C)(C)c2cc(S)ccc21. The monoisotopic (exact) mass is 513 g/mol. The normalized spacial score (nSPS) is 19.9. The minimum Gasteiger partial charge on any atom is -0.356 e. The lowest BCUT2D eigenvalue weighted by Gasteiger charge is -2.27. The molecule has 1 saturated heterocycles. The second-order valence-electron chi connectivity index (χ2n) is 9.16. The Hall–Kier alpha value is -2.75. The first kappa shape index (κ1) is 26.8. The molecule has 0 aromatic heterocycles. The molecule has 0 atom stereocenters. The third kappa shape index (κ3) is 5.91. The van der Waals surface area contributed by atoms with Crippen molar-refractivity contribution in [1.82, 2.24) is 10.2 Å². The Balaban J connectivity index is 1.83. The van der Waals surface area contributed by atoms with Gasteiger partial charge in [0, 0.05) is 60.5 Å². The van der Waals surface area contributed by atoms with Crippen molar-refractivity contribution in [2.45, 2.75) is 50.3 Å². The highest BCUT2D eigenvalue weighted by Crippen LogP contribution is 2.48. The predicted octanol–water partition coefficient (Wildman–Crippen LogP) is 2.59. The van der Waals surface area contributed by atoms with Gasteiger partial charge in [-0.2, -0.15) is 0 Å². The number of allylic oxidation sites excluding steroid dienone is 5. The molecule has 1 aromatic carbocycles. The highest BCUT2D eigenvalue weighted by atomic mass is 32.1. The lowest BCUT2D eigenvalue weighted by atomic mass is 9.83. The van der Waals surface area contributed by atoms with Gasteiger partial charge < -0.3 is 10.2 Å². The van der Waals surface area contributed by atoms with Crippen molar-refractivity contribution < 1.29 is 19.7 Å². The standard InChI is InChI=1S/C26H32N4O3S2/c1-5-9-22(31)27-14-8-15-30-20-13-12-17(34)16-19(20)26(2,3)21(30)11-7-6-10-18-23(32)28-25(35)29(4)24(18)33/h6-7,10-13,16,34H,5,8-9,14-15H2,1-4H3,(H,27,31)(H,28,32,35)/p+1/b7-6+,18-10-,21-11+. The number of carbonyl (C=O) groups is 3. The quantitative estimate of drug-likeness (QED) is 0.164. The van der Waals surface area contributed by atoms with E-state index in [4.69, 9.17) is 12.2 Å². The number of hydrogen-bond acceptors (Lipinski definition) is 6. The molecule has 2 aliphatic heterocycles. The number of anilines is 1. The van der Waals surface area contributed by atoms with E-state index in [9.17, 15) is 14.4 Å². The third-order valence-corrected chi connectivity index (χ3v) is 6.92. The molecule has 7 nitrogen and oxygen atoms in total. The smallest absolute Gasteiger partial charge is 0.355 e. The van der Waals surface area contributed by atoms with Gasteiger partial charge in [-0.15, -0.1) is 12.6 Å². The van der Waals surface area contributed by atoms with Crippen LogP contribution >= 0.6 is 24.8 Å². The van der Waals surface area contributed by atoms with Gasteiger partial charge in [0.1, 0.15) is 5.57 Å². The van der Waals surface area contributed by atoms with Crippen LogP contribution in [0.2, 0.25) is 0 Å². The number of hydrogen-bond donors (Lipinski definition) is 3. The third-order valence-electron chi connectivity index (χ3n) is 6.25. The Morgan fingerprint density at radius 1 is 1.23 bits per heavy atom. The lowest BCUT2D eigenvalue weighted by molar-refractivity contribution is -0.455. The number of nitrogens with two attached hydrogens (primary N) is 1. The number of benzene rings is 1. The van der Waals surface area contributed by atoms with Crippen LogP contribution in [0.25, 0.3) is 0 Å². The zero-order chi connectivity index (χ0) is 25.8. The number of likely N-dealkylation sites (N-methyl/N-ethyl adjacent to an activating group) is 1. The molecule has 3 N–H and O–H groups in total. The Bertz CT molecular complexity index is 1140. The molecule has 3 amide bonds. The van der Waals surface area contributed by atoms with Crippen LogP contribution in [-0.2, 0) is 19.8 Å². The molecule has 0 saturated carbocycles. The lowest BCUT2D eigenvalue weighted by Crippen LogP contribution is -2.97.